The van der Waals surface area contributed by atoms with Gasteiger partial charge >= 0.3 is 0 Å². The zero-order chi connectivity index (χ0) is 14.0. The number of anilines is 2. The summed E-state index contributed by atoms with van der Waals surface area (Å²) in [5.74, 6) is 0. The van der Waals surface area contributed by atoms with Crippen LogP contribution in [0.3, 0.4) is 0 Å². The van der Waals surface area contributed by atoms with Gasteiger partial charge in [-0.3, -0.25) is 10.1 Å². The second-order valence-corrected chi connectivity index (χ2v) is 4.45. The summed E-state index contributed by atoms with van der Waals surface area (Å²) in [5, 5.41) is 10.7. The molecule has 0 radical (unpaired) electrons. The zero-order valence-electron chi connectivity index (χ0n) is 10.9. The normalized spacial score (nSPS) is 22.7. The summed E-state index contributed by atoms with van der Waals surface area (Å²) in [6.45, 7) is 1.35. The van der Waals surface area contributed by atoms with Crippen molar-refractivity contribution >= 4 is 17.1 Å². The molecule has 0 aliphatic carbocycles. The Hall–Kier alpha value is -1.86. The van der Waals surface area contributed by atoms with Gasteiger partial charge in [-0.05, 0) is 12.1 Å². The molecular formula is C12H17N3O4. The fraction of sp³-hybridized carbons (Fsp3) is 0.500. The molecule has 2 atom stereocenters. The standard InChI is InChI=1S/C12H17N3O4/c1-18-11-6-14(7-12(11)19-2)8-3-4-10(15(16)17)9(13)5-8/h3-5,11-12H,6-7,13H2,1-2H3. The predicted octanol–water partition coefficient (Wildman–Crippen LogP) is 1.03. The van der Waals surface area contributed by atoms with Gasteiger partial charge in [0.15, 0.2) is 0 Å². The third-order valence-corrected chi connectivity index (χ3v) is 3.39. The van der Waals surface area contributed by atoms with E-state index in [-0.39, 0.29) is 23.6 Å². The average molecular weight is 267 g/mol. The van der Waals surface area contributed by atoms with Gasteiger partial charge in [0.25, 0.3) is 5.69 Å². The van der Waals surface area contributed by atoms with E-state index in [1.165, 1.54) is 6.07 Å². The van der Waals surface area contributed by atoms with E-state index in [2.05, 4.69) is 0 Å². The Morgan fingerprint density at radius 1 is 1.32 bits per heavy atom. The van der Waals surface area contributed by atoms with Crippen molar-refractivity contribution in [2.24, 2.45) is 0 Å². The Bertz CT molecular complexity index is 468. The van der Waals surface area contributed by atoms with Crippen LogP contribution in [0, 0.1) is 10.1 Å². The van der Waals surface area contributed by atoms with Crippen LogP contribution in [-0.2, 0) is 9.47 Å². The second-order valence-electron chi connectivity index (χ2n) is 4.45. The van der Waals surface area contributed by atoms with Crippen LogP contribution in [0.2, 0.25) is 0 Å². The second kappa shape index (κ2) is 5.41. The maximum Gasteiger partial charge on any atom is 0.292 e. The van der Waals surface area contributed by atoms with Crippen LogP contribution >= 0.6 is 0 Å². The van der Waals surface area contributed by atoms with Gasteiger partial charge in [-0.2, -0.15) is 0 Å². The molecule has 19 heavy (non-hydrogen) atoms. The van der Waals surface area contributed by atoms with E-state index in [4.69, 9.17) is 15.2 Å². The minimum atomic E-state index is -0.487. The third kappa shape index (κ3) is 2.61. The van der Waals surface area contributed by atoms with Gasteiger partial charge in [-0.25, -0.2) is 0 Å². The molecule has 104 valence electrons. The molecule has 2 rings (SSSR count). The summed E-state index contributed by atoms with van der Waals surface area (Å²) >= 11 is 0. The number of nitro groups is 1. The highest BCUT2D eigenvalue weighted by atomic mass is 16.6. The Kier molecular flexibility index (Phi) is 3.87. The lowest BCUT2D eigenvalue weighted by molar-refractivity contribution is -0.383. The molecule has 0 spiro atoms. The quantitative estimate of drug-likeness (QED) is 0.497. The van der Waals surface area contributed by atoms with Gasteiger partial charge in [0.2, 0.25) is 0 Å². The number of benzene rings is 1. The van der Waals surface area contributed by atoms with E-state index < -0.39 is 4.92 Å². The number of nitrogen functional groups attached to an aromatic ring is 1. The molecule has 1 saturated heterocycles. The van der Waals surface area contributed by atoms with E-state index in [0.717, 1.165) is 5.69 Å². The first-order valence-corrected chi connectivity index (χ1v) is 5.91. The number of hydrogen-bond donors (Lipinski definition) is 1. The number of rotatable bonds is 4. The number of nitrogens with zero attached hydrogens (tertiary/aromatic N) is 2. The first-order valence-electron chi connectivity index (χ1n) is 5.91. The predicted molar refractivity (Wildman–Crippen MR) is 71.3 cm³/mol. The molecule has 0 saturated carbocycles. The summed E-state index contributed by atoms with van der Waals surface area (Å²) in [6, 6.07) is 4.73. The minimum Gasteiger partial charge on any atom is -0.393 e. The van der Waals surface area contributed by atoms with E-state index in [9.17, 15) is 10.1 Å². The molecular weight excluding hydrogens is 250 g/mol. The molecule has 1 aliphatic rings. The monoisotopic (exact) mass is 267 g/mol. The fourth-order valence-corrected chi connectivity index (χ4v) is 2.31. The molecule has 7 nitrogen and oxygen atoms in total. The highest BCUT2D eigenvalue weighted by Gasteiger charge is 2.33. The van der Waals surface area contributed by atoms with Gasteiger partial charge in [0.1, 0.15) is 17.9 Å². The van der Waals surface area contributed by atoms with Crippen LogP contribution in [0.4, 0.5) is 17.1 Å². The Balaban J connectivity index is 2.20. The van der Waals surface area contributed by atoms with E-state index in [0.29, 0.717) is 13.1 Å². The third-order valence-electron chi connectivity index (χ3n) is 3.39. The van der Waals surface area contributed by atoms with Crippen molar-refractivity contribution in [2.75, 3.05) is 37.9 Å². The summed E-state index contributed by atoms with van der Waals surface area (Å²) < 4.78 is 10.7. The van der Waals surface area contributed by atoms with Gasteiger partial charge in [0, 0.05) is 39.1 Å². The van der Waals surface area contributed by atoms with E-state index >= 15 is 0 Å². The Labute approximate surface area is 111 Å². The van der Waals surface area contributed by atoms with Gasteiger partial charge < -0.3 is 20.1 Å². The average Bonchev–Trinajstić information content (AvgIpc) is 2.81. The van der Waals surface area contributed by atoms with Crippen LogP contribution in [0.1, 0.15) is 0 Å². The first-order chi connectivity index (χ1) is 9.06. The highest BCUT2D eigenvalue weighted by molar-refractivity contribution is 5.67. The van der Waals surface area contributed by atoms with E-state index in [1.54, 1.807) is 26.4 Å². The minimum absolute atomic E-state index is 0.0126. The lowest BCUT2D eigenvalue weighted by atomic mass is 10.2. The van der Waals surface area contributed by atoms with Gasteiger partial charge in [0.05, 0.1) is 4.92 Å². The van der Waals surface area contributed by atoms with Crippen molar-refractivity contribution in [1.29, 1.82) is 0 Å². The lowest BCUT2D eigenvalue weighted by Crippen LogP contribution is -2.27. The van der Waals surface area contributed by atoms with Crippen molar-refractivity contribution in [3.05, 3.63) is 28.3 Å². The Morgan fingerprint density at radius 3 is 2.32 bits per heavy atom. The SMILES string of the molecule is COC1CN(c2ccc([N+](=O)[O-])c(N)c2)CC1OC. The summed E-state index contributed by atoms with van der Waals surface area (Å²) in [4.78, 5) is 12.3. The van der Waals surface area contributed by atoms with Crippen LogP contribution < -0.4 is 10.6 Å². The number of hydrogen-bond acceptors (Lipinski definition) is 6. The highest BCUT2D eigenvalue weighted by Crippen LogP contribution is 2.29. The van der Waals surface area contributed by atoms with E-state index in [1.807, 2.05) is 4.90 Å². The molecule has 2 unspecified atom stereocenters. The van der Waals surface area contributed by atoms with Crippen LogP contribution in [-0.4, -0.2) is 44.4 Å². The van der Waals surface area contributed by atoms with Gasteiger partial charge in [-0.15, -0.1) is 0 Å². The fourth-order valence-electron chi connectivity index (χ4n) is 2.31. The lowest BCUT2D eigenvalue weighted by Gasteiger charge is -2.18. The van der Waals surface area contributed by atoms with Crippen LogP contribution in [0.15, 0.2) is 18.2 Å². The van der Waals surface area contributed by atoms with Crippen LogP contribution in [0.5, 0.6) is 0 Å². The van der Waals surface area contributed by atoms with Crippen molar-refractivity contribution in [2.45, 2.75) is 12.2 Å². The Morgan fingerprint density at radius 2 is 1.89 bits per heavy atom. The number of nitro benzene ring substituents is 1. The van der Waals surface area contributed by atoms with Crippen molar-refractivity contribution in [1.82, 2.24) is 0 Å². The first kappa shape index (κ1) is 13.6. The largest absolute Gasteiger partial charge is 0.393 e. The van der Waals surface area contributed by atoms with Gasteiger partial charge in [-0.1, -0.05) is 0 Å². The molecule has 1 aromatic rings. The maximum atomic E-state index is 10.7. The molecule has 0 aromatic heterocycles. The molecule has 1 fully saturated rings. The molecule has 0 bridgehead atoms. The van der Waals surface area contributed by atoms with Crippen molar-refractivity contribution in [3.63, 3.8) is 0 Å². The topological polar surface area (TPSA) is 90.9 Å². The zero-order valence-corrected chi connectivity index (χ0v) is 10.9. The number of methoxy groups -OCH3 is 2. The molecule has 0 amide bonds. The molecule has 1 aliphatic heterocycles. The molecule has 2 N–H and O–H groups in total. The molecule has 1 aromatic carbocycles. The summed E-state index contributed by atoms with van der Waals surface area (Å²) in [6.07, 6.45) is -0.0252. The summed E-state index contributed by atoms with van der Waals surface area (Å²) in [7, 11) is 3.29. The smallest absolute Gasteiger partial charge is 0.292 e. The number of ether oxygens (including phenoxy) is 2. The van der Waals surface area contributed by atoms with Crippen molar-refractivity contribution < 1.29 is 14.4 Å². The number of nitrogens with two attached hydrogens (primary N) is 1. The van der Waals surface area contributed by atoms with Crippen molar-refractivity contribution in [3.8, 4) is 0 Å². The maximum absolute atomic E-state index is 10.7. The summed E-state index contributed by atoms with van der Waals surface area (Å²) in [5.41, 5.74) is 6.62. The van der Waals surface area contributed by atoms with Crippen LogP contribution in [0.25, 0.3) is 0 Å². The molecule has 7 heteroatoms. The molecule has 1 heterocycles.